The van der Waals surface area contributed by atoms with E-state index in [4.69, 9.17) is 10.5 Å². The van der Waals surface area contributed by atoms with Crippen molar-refractivity contribution in [2.75, 3.05) is 11.5 Å². The molecule has 6 rings (SSSR count). The number of alkyl halides is 2. The van der Waals surface area contributed by atoms with Crippen molar-refractivity contribution >= 4 is 34.3 Å². The summed E-state index contributed by atoms with van der Waals surface area (Å²) in [6.45, 7) is 1.06. The number of aliphatic hydroxyl groups is 1. The number of esters is 1. The molecule has 7 nitrogen and oxygen atoms in total. The Balaban J connectivity index is 1.72. The Kier molecular flexibility index (Phi) is 3.92. The van der Waals surface area contributed by atoms with Crippen LogP contribution in [0.2, 0.25) is 0 Å². The van der Waals surface area contributed by atoms with Crippen LogP contribution in [0.4, 0.5) is 18.9 Å². The van der Waals surface area contributed by atoms with Crippen molar-refractivity contribution < 1.29 is 27.8 Å². The molecule has 0 saturated heterocycles. The third-order valence-electron chi connectivity index (χ3n) is 6.68. The molecule has 170 valence electrons. The van der Waals surface area contributed by atoms with E-state index in [1.165, 1.54) is 10.6 Å². The minimum atomic E-state index is -3.26. The maximum absolute atomic E-state index is 15.2. The summed E-state index contributed by atoms with van der Waals surface area (Å²) in [7, 11) is 0. The molecule has 11 heteroatoms. The van der Waals surface area contributed by atoms with Gasteiger partial charge in [-0.15, -0.1) is 11.8 Å². The number of carbonyl (C=O) groups is 1. The lowest BCUT2D eigenvalue weighted by molar-refractivity contribution is -0.172. The zero-order valence-corrected chi connectivity index (χ0v) is 18.0. The molecule has 2 aromatic heterocycles. The monoisotopic (exact) mass is 475 g/mol. The minimum Gasteiger partial charge on any atom is -0.458 e. The molecule has 3 aliphatic rings. The normalized spacial score (nSPS) is 22.0. The Morgan fingerprint density at radius 1 is 1.30 bits per heavy atom. The van der Waals surface area contributed by atoms with Gasteiger partial charge >= 0.3 is 5.97 Å². The lowest BCUT2D eigenvalue weighted by atomic mass is 9.86. The summed E-state index contributed by atoms with van der Waals surface area (Å²) in [5.74, 6) is -5.54. The van der Waals surface area contributed by atoms with Gasteiger partial charge < -0.3 is 20.1 Å². The van der Waals surface area contributed by atoms with Crippen LogP contribution in [0.15, 0.2) is 21.8 Å². The van der Waals surface area contributed by atoms with Gasteiger partial charge in [-0.05, 0) is 12.5 Å². The first-order valence-electron chi connectivity index (χ1n) is 10.2. The van der Waals surface area contributed by atoms with Crippen LogP contribution < -0.4 is 11.3 Å². The molecule has 0 unspecified atom stereocenters. The third-order valence-corrected chi connectivity index (χ3v) is 7.90. The topological polar surface area (TPSA) is 107 Å². The standard InChI is InChI=1S/C22H16F3N3O4S/c1-2-21(31)10-3-13-17-8(5-28(13)19(29)9(10)6-32-20(21)30)15-14-12(27-17)4-11(23)16(26)18(14)33-7-22(15,24)25/h3-4,31H,2,5-7,26H2,1H3/t21-/m0/s1. The first-order valence-corrected chi connectivity index (χ1v) is 11.2. The summed E-state index contributed by atoms with van der Waals surface area (Å²) in [6, 6.07) is 2.45. The van der Waals surface area contributed by atoms with Crippen LogP contribution in [0.25, 0.3) is 22.3 Å². The zero-order valence-electron chi connectivity index (χ0n) is 17.2. The molecule has 0 saturated carbocycles. The fourth-order valence-corrected chi connectivity index (χ4v) is 6.06. The number of anilines is 1. The summed E-state index contributed by atoms with van der Waals surface area (Å²) in [5, 5.41) is 11.0. The Morgan fingerprint density at radius 3 is 2.79 bits per heavy atom. The number of cyclic esters (lactones) is 1. The number of fused-ring (bicyclic) bond motifs is 5. The number of nitrogen functional groups attached to an aromatic ring is 1. The van der Waals surface area contributed by atoms with Gasteiger partial charge in [-0.1, -0.05) is 6.92 Å². The second-order valence-electron chi connectivity index (χ2n) is 8.41. The Morgan fingerprint density at radius 2 is 2.06 bits per heavy atom. The van der Waals surface area contributed by atoms with Crippen molar-refractivity contribution in [3.05, 3.63) is 50.6 Å². The fraction of sp³-hybridized carbons (Fsp3) is 0.318. The van der Waals surface area contributed by atoms with Gasteiger partial charge in [0.2, 0.25) is 0 Å². The van der Waals surface area contributed by atoms with Gasteiger partial charge in [0, 0.05) is 33.0 Å². The summed E-state index contributed by atoms with van der Waals surface area (Å²) < 4.78 is 51.2. The van der Waals surface area contributed by atoms with Gasteiger partial charge in [-0.2, -0.15) is 0 Å². The SMILES string of the molecule is CC[C@@]1(O)C(=O)OCc2c1cc1n(c2=O)Cc2c-1nc1cc(F)c(N)c3c1c2C(F)(F)CS3. The number of pyridine rings is 2. The predicted octanol–water partition coefficient (Wildman–Crippen LogP) is 3.00. The van der Waals surface area contributed by atoms with Gasteiger partial charge in [0.25, 0.3) is 11.5 Å². The van der Waals surface area contributed by atoms with Crippen LogP contribution in [-0.2, 0) is 34.2 Å². The molecule has 3 N–H and O–H groups in total. The summed E-state index contributed by atoms with van der Waals surface area (Å²) >= 11 is 0.774. The summed E-state index contributed by atoms with van der Waals surface area (Å²) in [5.41, 5.74) is 3.31. The third kappa shape index (κ3) is 2.43. The number of hydrogen-bond donors (Lipinski definition) is 2. The van der Waals surface area contributed by atoms with Crippen LogP contribution in [0.5, 0.6) is 0 Å². The number of benzene rings is 1. The largest absolute Gasteiger partial charge is 0.458 e. The average molecular weight is 475 g/mol. The van der Waals surface area contributed by atoms with E-state index in [0.717, 1.165) is 17.8 Å². The smallest absolute Gasteiger partial charge is 0.343 e. The van der Waals surface area contributed by atoms with Crippen LogP contribution in [0, 0.1) is 5.82 Å². The highest BCUT2D eigenvalue weighted by molar-refractivity contribution is 7.99. The summed E-state index contributed by atoms with van der Waals surface area (Å²) in [6.07, 6.45) is -0.0475. The lowest BCUT2D eigenvalue weighted by Crippen LogP contribution is -2.44. The zero-order chi connectivity index (χ0) is 23.4. The number of nitrogens with zero attached hydrogens (tertiary/aromatic N) is 2. The Hall–Kier alpha value is -3.05. The summed E-state index contributed by atoms with van der Waals surface area (Å²) in [4.78, 5) is 30.2. The number of ether oxygens (including phenoxy) is 1. The van der Waals surface area contributed by atoms with Crippen LogP contribution >= 0.6 is 11.8 Å². The molecule has 0 radical (unpaired) electrons. The van der Waals surface area contributed by atoms with E-state index < -0.39 is 34.6 Å². The molecule has 0 aliphatic carbocycles. The molecule has 3 aromatic rings. The number of hydrogen-bond acceptors (Lipinski definition) is 7. The number of nitrogens with two attached hydrogens (primary N) is 1. The second kappa shape index (κ2) is 6.29. The van der Waals surface area contributed by atoms with Crippen LogP contribution in [0.3, 0.4) is 0 Å². The van der Waals surface area contributed by atoms with E-state index in [1.54, 1.807) is 6.92 Å². The van der Waals surface area contributed by atoms with E-state index >= 15 is 8.78 Å². The van der Waals surface area contributed by atoms with Gasteiger partial charge in [-0.3, -0.25) is 4.79 Å². The predicted molar refractivity (Wildman–Crippen MR) is 114 cm³/mol. The first-order chi connectivity index (χ1) is 15.6. The molecular formula is C22H16F3N3O4S. The van der Waals surface area contributed by atoms with Gasteiger partial charge in [0.15, 0.2) is 5.60 Å². The van der Waals surface area contributed by atoms with Crippen molar-refractivity contribution in [2.45, 2.75) is 42.9 Å². The number of carbonyl (C=O) groups excluding carboxylic acids is 1. The van der Waals surface area contributed by atoms with Gasteiger partial charge in [-0.25, -0.2) is 22.9 Å². The van der Waals surface area contributed by atoms with E-state index in [0.29, 0.717) is 0 Å². The quantitative estimate of drug-likeness (QED) is 0.322. The molecule has 1 aromatic carbocycles. The molecule has 5 heterocycles. The fourth-order valence-electron chi connectivity index (χ4n) is 4.98. The average Bonchev–Trinajstić information content (AvgIpc) is 3.14. The van der Waals surface area contributed by atoms with Crippen LogP contribution in [-0.4, -0.2) is 26.4 Å². The van der Waals surface area contributed by atoms with Gasteiger partial charge in [0.1, 0.15) is 12.4 Å². The molecule has 0 bridgehead atoms. The van der Waals surface area contributed by atoms with Crippen molar-refractivity contribution in [3.8, 4) is 11.4 Å². The number of halogens is 3. The highest BCUT2D eigenvalue weighted by Crippen LogP contribution is 2.52. The van der Waals surface area contributed by atoms with Crippen molar-refractivity contribution in [1.29, 1.82) is 0 Å². The highest BCUT2D eigenvalue weighted by Gasteiger charge is 2.47. The van der Waals surface area contributed by atoms with E-state index in [9.17, 15) is 19.1 Å². The Bertz CT molecular complexity index is 1500. The first kappa shape index (κ1) is 20.5. The maximum atomic E-state index is 15.2. The molecule has 0 fully saturated rings. The number of aromatic nitrogens is 2. The number of rotatable bonds is 1. The Labute approximate surface area is 188 Å². The maximum Gasteiger partial charge on any atom is 0.343 e. The number of thioether (sulfide) groups is 1. The van der Waals surface area contributed by atoms with Gasteiger partial charge in [0.05, 0.1) is 40.5 Å². The van der Waals surface area contributed by atoms with E-state index in [1.807, 2.05) is 0 Å². The molecule has 1 atom stereocenters. The van der Waals surface area contributed by atoms with Crippen molar-refractivity contribution in [1.82, 2.24) is 9.55 Å². The molecular weight excluding hydrogens is 459 g/mol. The lowest BCUT2D eigenvalue weighted by Gasteiger charge is -2.31. The van der Waals surface area contributed by atoms with Crippen molar-refractivity contribution in [3.63, 3.8) is 0 Å². The van der Waals surface area contributed by atoms with Crippen LogP contribution in [0.1, 0.15) is 35.6 Å². The van der Waals surface area contributed by atoms with Crippen molar-refractivity contribution in [2.24, 2.45) is 0 Å². The molecule has 33 heavy (non-hydrogen) atoms. The van der Waals surface area contributed by atoms with E-state index in [2.05, 4.69) is 4.98 Å². The molecule has 0 spiro atoms. The minimum absolute atomic E-state index is 0.00103. The molecule has 0 amide bonds. The second-order valence-corrected chi connectivity index (χ2v) is 9.39. The van der Waals surface area contributed by atoms with E-state index in [-0.39, 0.29) is 74.7 Å². The highest BCUT2D eigenvalue weighted by atomic mass is 32.2. The molecule has 3 aliphatic heterocycles.